The third kappa shape index (κ3) is 3.37. The van der Waals surface area contributed by atoms with Gasteiger partial charge in [0.2, 0.25) is 10.0 Å². The summed E-state index contributed by atoms with van der Waals surface area (Å²) in [7, 11) is -3.40. The minimum absolute atomic E-state index is 0.0812. The average Bonchev–Trinajstić information content (AvgIpc) is 2.11. The van der Waals surface area contributed by atoms with E-state index in [0.29, 0.717) is 10.7 Å². The van der Waals surface area contributed by atoms with Crippen molar-refractivity contribution in [3.05, 3.63) is 28.3 Å². The second kappa shape index (κ2) is 5.03. The van der Waals surface area contributed by atoms with Crippen molar-refractivity contribution in [3.8, 4) is 0 Å². The summed E-state index contributed by atoms with van der Waals surface area (Å²) in [5.74, 6) is -0.114. The zero-order chi connectivity index (χ0) is 12.3. The molecule has 6 heteroatoms. The van der Waals surface area contributed by atoms with Gasteiger partial charge in [-0.3, -0.25) is 4.72 Å². The standard InChI is InChI=1S/C10H15ClN2O2S/c1-7-5-8(2)10(9(11)6-7)13-16(14,15)4-3-12/h5-6,13H,3-4,12H2,1-2H3. The zero-order valence-corrected chi connectivity index (χ0v) is 10.8. The first-order valence-corrected chi connectivity index (χ1v) is 6.86. The molecule has 0 aliphatic rings. The van der Waals surface area contributed by atoms with Crippen molar-refractivity contribution in [2.75, 3.05) is 17.0 Å². The molecule has 0 saturated heterocycles. The van der Waals surface area contributed by atoms with Crippen LogP contribution in [-0.2, 0) is 10.0 Å². The molecular weight excluding hydrogens is 248 g/mol. The van der Waals surface area contributed by atoms with E-state index < -0.39 is 10.0 Å². The van der Waals surface area contributed by atoms with E-state index in [1.165, 1.54) is 0 Å². The molecule has 0 fully saturated rings. The van der Waals surface area contributed by atoms with Gasteiger partial charge in [-0.05, 0) is 31.0 Å². The highest BCUT2D eigenvalue weighted by Crippen LogP contribution is 2.28. The Labute approximate surface area is 101 Å². The molecule has 0 radical (unpaired) electrons. The lowest BCUT2D eigenvalue weighted by molar-refractivity contribution is 0.601. The van der Waals surface area contributed by atoms with Crippen LogP contribution in [0.4, 0.5) is 5.69 Å². The minimum Gasteiger partial charge on any atom is -0.329 e. The Kier molecular flexibility index (Phi) is 4.18. The number of hydrogen-bond donors (Lipinski definition) is 2. The van der Waals surface area contributed by atoms with E-state index in [4.69, 9.17) is 17.3 Å². The van der Waals surface area contributed by atoms with Gasteiger partial charge < -0.3 is 5.73 Å². The first kappa shape index (κ1) is 13.3. The van der Waals surface area contributed by atoms with E-state index in [9.17, 15) is 8.42 Å². The van der Waals surface area contributed by atoms with Gasteiger partial charge in [-0.15, -0.1) is 0 Å². The molecule has 1 aromatic rings. The van der Waals surface area contributed by atoms with Crippen molar-refractivity contribution in [1.29, 1.82) is 0 Å². The number of benzene rings is 1. The zero-order valence-electron chi connectivity index (χ0n) is 9.25. The molecule has 0 aromatic heterocycles. The topological polar surface area (TPSA) is 72.2 Å². The molecule has 90 valence electrons. The molecule has 0 saturated carbocycles. The van der Waals surface area contributed by atoms with Crippen LogP contribution in [0.25, 0.3) is 0 Å². The highest BCUT2D eigenvalue weighted by molar-refractivity contribution is 7.92. The lowest BCUT2D eigenvalue weighted by atomic mass is 10.1. The summed E-state index contributed by atoms with van der Waals surface area (Å²) in [5.41, 5.74) is 7.43. The van der Waals surface area contributed by atoms with Crippen LogP contribution < -0.4 is 10.5 Å². The van der Waals surface area contributed by atoms with Crippen molar-refractivity contribution in [3.63, 3.8) is 0 Å². The van der Waals surface area contributed by atoms with Crippen molar-refractivity contribution < 1.29 is 8.42 Å². The summed E-state index contributed by atoms with van der Waals surface area (Å²) in [5, 5.41) is 0.401. The number of nitrogens with one attached hydrogen (secondary N) is 1. The summed E-state index contributed by atoms with van der Waals surface area (Å²) in [6.07, 6.45) is 0. The molecule has 0 spiro atoms. The molecule has 4 nitrogen and oxygen atoms in total. The second-order valence-electron chi connectivity index (χ2n) is 3.65. The SMILES string of the molecule is Cc1cc(C)c(NS(=O)(=O)CCN)c(Cl)c1. The van der Waals surface area contributed by atoms with Gasteiger partial charge in [0.1, 0.15) is 0 Å². The van der Waals surface area contributed by atoms with Gasteiger partial charge >= 0.3 is 0 Å². The predicted molar refractivity (Wildman–Crippen MR) is 67.4 cm³/mol. The van der Waals surface area contributed by atoms with Gasteiger partial charge in [0.15, 0.2) is 0 Å². The van der Waals surface area contributed by atoms with Gasteiger partial charge in [-0.2, -0.15) is 0 Å². The predicted octanol–water partition coefficient (Wildman–Crippen LogP) is 1.66. The normalized spacial score (nSPS) is 11.5. The van der Waals surface area contributed by atoms with Gasteiger partial charge in [-0.25, -0.2) is 8.42 Å². The van der Waals surface area contributed by atoms with Crippen molar-refractivity contribution >= 4 is 27.3 Å². The molecule has 0 amide bonds. The van der Waals surface area contributed by atoms with Crippen molar-refractivity contribution in [2.45, 2.75) is 13.8 Å². The van der Waals surface area contributed by atoms with E-state index in [1.54, 1.807) is 13.0 Å². The van der Waals surface area contributed by atoms with Crippen LogP contribution in [0.5, 0.6) is 0 Å². The van der Waals surface area contributed by atoms with Crippen LogP contribution in [0.15, 0.2) is 12.1 Å². The molecule has 1 rings (SSSR count). The molecule has 0 aliphatic heterocycles. The number of anilines is 1. The van der Waals surface area contributed by atoms with Gasteiger partial charge in [0, 0.05) is 6.54 Å². The van der Waals surface area contributed by atoms with Crippen LogP contribution in [0.1, 0.15) is 11.1 Å². The van der Waals surface area contributed by atoms with Crippen LogP contribution in [0, 0.1) is 13.8 Å². The Bertz CT molecular complexity index is 463. The molecule has 3 N–H and O–H groups in total. The molecule has 0 heterocycles. The number of nitrogens with two attached hydrogens (primary N) is 1. The van der Waals surface area contributed by atoms with E-state index >= 15 is 0 Å². The number of hydrogen-bond acceptors (Lipinski definition) is 3. The number of sulfonamides is 1. The monoisotopic (exact) mass is 262 g/mol. The highest BCUT2D eigenvalue weighted by atomic mass is 35.5. The lowest BCUT2D eigenvalue weighted by Gasteiger charge is -2.12. The van der Waals surface area contributed by atoms with E-state index in [2.05, 4.69) is 4.72 Å². The maximum Gasteiger partial charge on any atom is 0.234 e. The molecule has 1 aromatic carbocycles. The van der Waals surface area contributed by atoms with Gasteiger partial charge in [0.05, 0.1) is 16.5 Å². The molecular formula is C10H15ClN2O2S. The van der Waals surface area contributed by atoms with E-state index in [0.717, 1.165) is 11.1 Å². The lowest BCUT2D eigenvalue weighted by Crippen LogP contribution is -2.23. The maximum absolute atomic E-state index is 11.5. The fourth-order valence-electron chi connectivity index (χ4n) is 1.41. The van der Waals surface area contributed by atoms with Crippen LogP contribution in [0.2, 0.25) is 5.02 Å². The summed E-state index contributed by atoms with van der Waals surface area (Å²) in [4.78, 5) is 0. The summed E-state index contributed by atoms with van der Waals surface area (Å²) in [6, 6.07) is 3.58. The van der Waals surface area contributed by atoms with E-state index in [1.807, 2.05) is 13.0 Å². The van der Waals surface area contributed by atoms with Gasteiger partial charge in [0.25, 0.3) is 0 Å². The fraction of sp³-hybridized carbons (Fsp3) is 0.400. The Morgan fingerprint density at radius 3 is 2.50 bits per heavy atom. The Morgan fingerprint density at radius 2 is 2.00 bits per heavy atom. The fourth-order valence-corrected chi connectivity index (χ4v) is 2.83. The Morgan fingerprint density at radius 1 is 1.38 bits per heavy atom. The molecule has 0 aliphatic carbocycles. The maximum atomic E-state index is 11.5. The van der Waals surface area contributed by atoms with E-state index in [-0.39, 0.29) is 12.3 Å². The third-order valence-electron chi connectivity index (χ3n) is 2.08. The summed E-state index contributed by atoms with van der Waals surface area (Å²) >= 11 is 5.98. The molecule has 0 atom stereocenters. The quantitative estimate of drug-likeness (QED) is 0.867. The largest absolute Gasteiger partial charge is 0.329 e. The molecule has 0 unspecified atom stereocenters. The Hall–Kier alpha value is -0.780. The van der Waals surface area contributed by atoms with Crippen molar-refractivity contribution in [2.24, 2.45) is 5.73 Å². The smallest absolute Gasteiger partial charge is 0.234 e. The molecule has 0 bridgehead atoms. The first-order chi connectivity index (χ1) is 7.35. The Balaban J connectivity index is 3.07. The third-order valence-corrected chi connectivity index (χ3v) is 3.66. The summed E-state index contributed by atoms with van der Waals surface area (Å²) < 4.78 is 25.5. The summed E-state index contributed by atoms with van der Waals surface area (Å²) in [6.45, 7) is 3.79. The van der Waals surface area contributed by atoms with Crippen LogP contribution >= 0.6 is 11.6 Å². The van der Waals surface area contributed by atoms with Crippen LogP contribution in [0.3, 0.4) is 0 Å². The first-order valence-electron chi connectivity index (χ1n) is 4.83. The molecule has 16 heavy (non-hydrogen) atoms. The van der Waals surface area contributed by atoms with Crippen molar-refractivity contribution in [1.82, 2.24) is 0 Å². The number of rotatable bonds is 4. The number of aryl methyl sites for hydroxylation is 2. The average molecular weight is 263 g/mol. The second-order valence-corrected chi connectivity index (χ2v) is 5.90. The number of halogens is 1. The minimum atomic E-state index is -3.40. The van der Waals surface area contributed by atoms with Crippen LogP contribution in [-0.4, -0.2) is 20.7 Å². The highest BCUT2D eigenvalue weighted by Gasteiger charge is 2.13. The van der Waals surface area contributed by atoms with Gasteiger partial charge in [-0.1, -0.05) is 17.7 Å².